The van der Waals surface area contributed by atoms with Crippen LogP contribution in [0, 0.1) is 5.41 Å². The predicted molar refractivity (Wildman–Crippen MR) is 136 cm³/mol. The fraction of sp³-hybridized carbons (Fsp3) is 0.375. The largest absolute Gasteiger partial charge is 0.493 e. The monoisotopic (exact) mass is 563 g/mol. The molecule has 6 nitrogen and oxygen atoms in total. The number of methoxy groups -OCH3 is 1. The van der Waals surface area contributed by atoms with Crippen LogP contribution in [-0.4, -0.2) is 29.6 Å². The van der Waals surface area contributed by atoms with Crippen molar-refractivity contribution in [2.45, 2.75) is 40.5 Å². The Kier molecular flexibility index (Phi) is 7.45. The molecule has 3 rings (SSSR count). The van der Waals surface area contributed by atoms with Gasteiger partial charge in [0.15, 0.2) is 11.5 Å². The smallest absolute Gasteiger partial charge is 0.282 e. The molecule has 0 saturated carbocycles. The van der Waals surface area contributed by atoms with Crippen molar-refractivity contribution in [3.63, 3.8) is 0 Å². The highest BCUT2D eigenvalue weighted by Crippen LogP contribution is 2.35. The number of hydrogen-bond acceptors (Lipinski definition) is 5. The van der Waals surface area contributed by atoms with Crippen LogP contribution >= 0.6 is 31.9 Å². The molecule has 1 heterocycles. The Labute approximate surface area is 204 Å². The van der Waals surface area contributed by atoms with Crippen molar-refractivity contribution in [3.05, 3.63) is 61.0 Å². The average molecular weight is 565 g/mol. The zero-order valence-corrected chi connectivity index (χ0v) is 22.2. The van der Waals surface area contributed by atoms with Gasteiger partial charge >= 0.3 is 0 Å². The molecule has 0 unspecified atom stereocenters. The van der Waals surface area contributed by atoms with Crippen molar-refractivity contribution >= 4 is 49.0 Å². The van der Waals surface area contributed by atoms with E-state index in [0.29, 0.717) is 40.4 Å². The van der Waals surface area contributed by atoms with Crippen LogP contribution in [0.1, 0.15) is 51.9 Å². The highest BCUT2D eigenvalue weighted by molar-refractivity contribution is 9.10. The lowest BCUT2D eigenvalue weighted by Gasteiger charge is -2.21. The Balaban J connectivity index is 2.16. The van der Waals surface area contributed by atoms with Crippen LogP contribution in [-0.2, 0) is 0 Å². The quantitative estimate of drug-likeness (QED) is 0.327. The van der Waals surface area contributed by atoms with Crippen LogP contribution in [0.5, 0.6) is 11.5 Å². The van der Waals surface area contributed by atoms with E-state index in [9.17, 15) is 4.79 Å². The van der Waals surface area contributed by atoms with Gasteiger partial charge in [-0.3, -0.25) is 4.79 Å². The second kappa shape index (κ2) is 9.75. The van der Waals surface area contributed by atoms with Gasteiger partial charge in [-0.05, 0) is 35.7 Å². The van der Waals surface area contributed by atoms with Crippen LogP contribution < -0.4 is 15.0 Å². The van der Waals surface area contributed by atoms with Crippen LogP contribution in [0.25, 0.3) is 10.9 Å². The summed E-state index contributed by atoms with van der Waals surface area (Å²) < 4.78 is 14.6. The Morgan fingerprint density at radius 2 is 1.88 bits per heavy atom. The number of ether oxygens (including phenoxy) is 2. The Morgan fingerprint density at radius 1 is 1.16 bits per heavy atom. The normalized spacial score (nSPS) is 12.2. The molecule has 0 bridgehead atoms. The second-order valence-electron chi connectivity index (χ2n) is 9.02. The molecule has 32 heavy (non-hydrogen) atoms. The zero-order chi connectivity index (χ0) is 23.6. The molecule has 0 N–H and O–H groups in total. The first-order chi connectivity index (χ1) is 15.0. The maximum Gasteiger partial charge on any atom is 0.282 e. The third-order valence-corrected chi connectivity index (χ3v) is 5.53. The minimum absolute atomic E-state index is 0.00144. The highest BCUT2D eigenvalue weighted by atomic mass is 79.9. The number of halogens is 2. The van der Waals surface area contributed by atoms with Gasteiger partial charge in [0, 0.05) is 20.4 Å². The van der Waals surface area contributed by atoms with E-state index >= 15 is 0 Å². The molecule has 0 aliphatic carbocycles. The van der Waals surface area contributed by atoms with Crippen molar-refractivity contribution in [1.29, 1.82) is 0 Å². The van der Waals surface area contributed by atoms with Crippen molar-refractivity contribution < 1.29 is 9.47 Å². The molecule has 3 aromatic rings. The van der Waals surface area contributed by atoms with Crippen molar-refractivity contribution in [1.82, 2.24) is 9.66 Å². The number of fused-ring (bicyclic) bond motifs is 1. The molecule has 0 aliphatic rings. The first-order valence-electron chi connectivity index (χ1n) is 10.3. The van der Waals surface area contributed by atoms with Gasteiger partial charge in [0.2, 0.25) is 0 Å². The van der Waals surface area contributed by atoms with Gasteiger partial charge in [-0.1, -0.05) is 66.5 Å². The second-order valence-corrected chi connectivity index (χ2v) is 10.9. The van der Waals surface area contributed by atoms with E-state index in [4.69, 9.17) is 14.5 Å². The summed E-state index contributed by atoms with van der Waals surface area (Å²) in [5.74, 6) is 1.74. The number of hydrogen-bond donors (Lipinski definition) is 0. The number of rotatable bonds is 6. The first kappa shape index (κ1) is 24.5. The molecular formula is C24H27Br2N3O3. The summed E-state index contributed by atoms with van der Waals surface area (Å²) in [6.07, 6.45) is 1.62. The standard InChI is InChI=1S/C24H27Br2N3O3/c1-14(2)22-28-19-8-7-16(25)10-18(19)23(30)29(22)27-12-15-9-17(26)11-20(31-6)21(15)32-13-24(3,4)5/h7-12,14H,13H2,1-6H3. The molecule has 170 valence electrons. The van der Waals surface area contributed by atoms with Gasteiger partial charge in [0.1, 0.15) is 5.82 Å². The number of aromatic nitrogens is 2. The van der Waals surface area contributed by atoms with Crippen LogP contribution in [0.4, 0.5) is 0 Å². The van der Waals surface area contributed by atoms with Gasteiger partial charge in [0.05, 0.1) is 30.8 Å². The topological polar surface area (TPSA) is 65.7 Å². The molecule has 0 spiro atoms. The highest BCUT2D eigenvalue weighted by Gasteiger charge is 2.18. The van der Waals surface area contributed by atoms with E-state index in [0.717, 1.165) is 8.95 Å². The average Bonchev–Trinajstić information content (AvgIpc) is 2.71. The molecule has 1 aromatic heterocycles. The third kappa shape index (κ3) is 5.59. The minimum Gasteiger partial charge on any atom is -0.493 e. The summed E-state index contributed by atoms with van der Waals surface area (Å²) in [5, 5.41) is 5.04. The minimum atomic E-state index is -0.227. The fourth-order valence-corrected chi connectivity index (χ4v) is 3.87. The summed E-state index contributed by atoms with van der Waals surface area (Å²) in [6.45, 7) is 10.8. The van der Waals surface area contributed by atoms with Crippen LogP contribution in [0.15, 0.2) is 49.2 Å². The molecule has 0 atom stereocenters. The van der Waals surface area contributed by atoms with Crippen molar-refractivity contribution in [2.75, 3.05) is 13.7 Å². The lowest BCUT2D eigenvalue weighted by molar-refractivity contribution is 0.191. The lowest BCUT2D eigenvalue weighted by atomic mass is 9.98. The van der Waals surface area contributed by atoms with Gasteiger partial charge < -0.3 is 9.47 Å². The van der Waals surface area contributed by atoms with E-state index in [1.54, 1.807) is 19.4 Å². The predicted octanol–water partition coefficient (Wildman–Crippen LogP) is 6.36. The van der Waals surface area contributed by atoms with Gasteiger partial charge in [-0.25, -0.2) is 4.98 Å². The number of nitrogens with zero attached hydrogens (tertiary/aromatic N) is 3. The molecule has 2 aromatic carbocycles. The Hall–Kier alpha value is -2.19. The maximum atomic E-state index is 13.3. The summed E-state index contributed by atoms with van der Waals surface area (Å²) in [6, 6.07) is 9.20. The summed E-state index contributed by atoms with van der Waals surface area (Å²) in [5.41, 5.74) is 1.07. The van der Waals surface area contributed by atoms with Crippen LogP contribution in [0.2, 0.25) is 0 Å². The molecule has 0 fully saturated rings. The van der Waals surface area contributed by atoms with Gasteiger partial charge in [-0.2, -0.15) is 9.78 Å². The Bertz CT molecular complexity index is 1230. The summed E-state index contributed by atoms with van der Waals surface area (Å²) in [4.78, 5) is 18.0. The first-order valence-corrected chi connectivity index (χ1v) is 11.9. The maximum absolute atomic E-state index is 13.3. The van der Waals surface area contributed by atoms with E-state index in [-0.39, 0.29) is 16.9 Å². The van der Waals surface area contributed by atoms with Crippen molar-refractivity contribution in [3.8, 4) is 11.5 Å². The summed E-state index contributed by atoms with van der Waals surface area (Å²) in [7, 11) is 1.60. The zero-order valence-electron chi connectivity index (χ0n) is 19.1. The van der Waals surface area contributed by atoms with Gasteiger partial charge in [-0.15, -0.1) is 0 Å². The Morgan fingerprint density at radius 3 is 2.50 bits per heavy atom. The van der Waals surface area contributed by atoms with Gasteiger partial charge in [0.25, 0.3) is 5.56 Å². The molecule has 0 radical (unpaired) electrons. The fourth-order valence-electron chi connectivity index (χ4n) is 3.05. The number of benzene rings is 2. The van der Waals surface area contributed by atoms with E-state index in [1.165, 1.54) is 4.68 Å². The molecule has 0 aliphatic heterocycles. The lowest BCUT2D eigenvalue weighted by Crippen LogP contribution is -2.23. The van der Waals surface area contributed by atoms with E-state index in [2.05, 4.69) is 57.7 Å². The van der Waals surface area contributed by atoms with Crippen LogP contribution in [0.3, 0.4) is 0 Å². The van der Waals surface area contributed by atoms with E-state index < -0.39 is 0 Å². The molecule has 0 amide bonds. The SMILES string of the molecule is COc1cc(Br)cc(C=Nn2c(C(C)C)nc3ccc(Br)cc3c2=O)c1OCC(C)(C)C. The molecular weight excluding hydrogens is 538 g/mol. The molecule has 8 heteroatoms. The van der Waals surface area contributed by atoms with E-state index in [1.807, 2.05) is 38.1 Å². The third-order valence-electron chi connectivity index (χ3n) is 4.58. The summed E-state index contributed by atoms with van der Waals surface area (Å²) >= 11 is 6.95. The molecule has 0 saturated heterocycles. The van der Waals surface area contributed by atoms with Crippen molar-refractivity contribution in [2.24, 2.45) is 10.5 Å².